The molecule has 1 aromatic heterocycles. The third-order valence-corrected chi connectivity index (χ3v) is 5.99. The monoisotopic (exact) mass is 339 g/mol. The van der Waals surface area contributed by atoms with Crippen molar-refractivity contribution in [3.63, 3.8) is 0 Å². The molecular formula is C15H18ClN3O2S. The van der Waals surface area contributed by atoms with Gasteiger partial charge in [-0.2, -0.15) is 5.10 Å². The molecule has 0 aliphatic carbocycles. The van der Waals surface area contributed by atoms with Crippen molar-refractivity contribution < 1.29 is 8.42 Å². The first kappa shape index (κ1) is 15.5. The Morgan fingerprint density at radius 1 is 1.23 bits per heavy atom. The van der Waals surface area contributed by atoms with Crippen LogP contribution in [-0.4, -0.2) is 31.3 Å². The molecule has 0 atom stereocenters. The molecule has 0 bridgehead atoms. The molecule has 0 saturated carbocycles. The van der Waals surface area contributed by atoms with Crippen LogP contribution in [0.2, 0.25) is 5.02 Å². The Morgan fingerprint density at radius 3 is 2.59 bits per heavy atom. The molecule has 2 aromatic rings. The van der Waals surface area contributed by atoms with Gasteiger partial charge in [-0.15, -0.1) is 0 Å². The summed E-state index contributed by atoms with van der Waals surface area (Å²) in [6.07, 6.45) is 3.75. The quantitative estimate of drug-likeness (QED) is 0.928. The van der Waals surface area contributed by atoms with Gasteiger partial charge in [-0.25, -0.2) is 8.42 Å². The summed E-state index contributed by atoms with van der Waals surface area (Å²) in [6.45, 7) is 2.69. The molecular weight excluding hydrogens is 322 g/mol. The molecule has 0 radical (unpaired) electrons. The molecule has 1 aliphatic heterocycles. The van der Waals surface area contributed by atoms with E-state index < -0.39 is 9.84 Å². The highest BCUT2D eigenvalue weighted by Crippen LogP contribution is 2.26. The number of aromatic nitrogens is 2. The Balaban J connectivity index is 1.86. The van der Waals surface area contributed by atoms with Crippen LogP contribution >= 0.6 is 11.6 Å². The molecule has 7 heteroatoms. The normalized spacial score (nSPS) is 16.8. The second-order valence-electron chi connectivity index (χ2n) is 5.51. The van der Waals surface area contributed by atoms with Crippen LogP contribution in [0.3, 0.4) is 0 Å². The van der Waals surface area contributed by atoms with Gasteiger partial charge in [0, 0.05) is 12.7 Å². The summed E-state index contributed by atoms with van der Waals surface area (Å²) in [4.78, 5) is 0.212. The summed E-state index contributed by atoms with van der Waals surface area (Å²) >= 11 is 6.12. The Hall–Kier alpha value is -1.37. The summed E-state index contributed by atoms with van der Waals surface area (Å²) in [5.74, 6) is 0.504. The minimum atomic E-state index is -3.67. The van der Waals surface area contributed by atoms with Crippen molar-refractivity contribution in [2.45, 2.75) is 29.3 Å². The molecule has 118 valence electrons. The summed E-state index contributed by atoms with van der Waals surface area (Å²) in [5.41, 5.74) is 0. The van der Waals surface area contributed by atoms with E-state index in [1.807, 2.05) is 0 Å². The Bertz CT molecular complexity index is 737. The number of hydrogen-bond donors (Lipinski definition) is 1. The van der Waals surface area contributed by atoms with Gasteiger partial charge in [0.25, 0.3) is 0 Å². The van der Waals surface area contributed by atoms with Gasteiger partial charge in [0.2, 0.25) is 9.84 Å². The Morgan fingerprint density at radius 2 is 1.91 bits per heavy atom. The molecule has 1 aromatic carbocycles. The first-order valence-electron chi connectivity index (χ1n) is 7.31. The van der Waals surface area contributed by atoms with E-state index in [0.29, 0.717) is 12.5 Å². The fourth-order valence-corrected chi connectivity index (χ4v) is 4.41. The van der Waals surface area contributed by atoms with E-state index >= 15 is 0 Å². The van der Waals surface area contributed by atoms with Crippen LogP contribution in [0.15, 0.2) is 46.5 Å². The summed E-state index contributed by atoms with van der Waals surface area (Å²) in [5, 5.41) is 7.66. The number of nitrogens with one attached hydrogen (secondary N) is 1. The predicted molar refractivity (Wildman–Crippen MR) is 84.7 cm³/mol. The first-order chi connectivity index (χ1) is 10.6. The van der Waals surface area contributed by atoms with Crippen LogP contribution in [0, 0.1) is 5.92 Å². The van der Waals surface area contributed by atoms with Crippen LogP contribution in [0.5, 0.6) is 0 Å². The zero-order chi connectivity index (χ0) is 15.6. The topological polar surface area (TPSA) is 64.0 Å². The van der Waals surface area contributed by atoms with Crippen LogP contribution in [0.1, 0.15) is 12.8 Å². The number of piperidine rings is 1. The lowest BCUT2D eigenvalue weighted by molar-refractivity contribution is 0.319. The lowest BCUT2D eigenvalue weighted by atomic mass is 9.98. The largest absolute Gasteiger partial charge is 0.317 e. The number of benzene rings is 1. The van der Waals surface area contributed by atoms with Crippen molar-refractivity contribution in [1.82, 2.24) is 15.1 Å². The maximum Gasteiger partial charge on any atom is 0.227 e. The Labute approximate surface area is 135 Å². The fraction of sp³-hybridized carbons (Fsp3) is 0.400. The molecule has 0 amide bonds. The molecule has 3 rings (SSSR count). The Kier molecular flexibility index (Phi) is 4.52. The van der Waals surface area contributed by atoms with E-state index in [2.05, 4.69) is 10.4 Å². The third-order valence-electron chi connectivity index (χ3n) is 3.90. The van der Waals surface area contributed by atoms with Crippen LogP contribution in [0.25, 0.3) is 0 Å². The molecule has 2 heterocycles. The predicted octanol–water partition coefficient (Wildman–Crippen LogP) is 2.37. The fourth-order valence-electron chi connectivity index (χ4n) is 2.70. The van der Waals surface area contributed by atoms with Crippen molar-refractivity contribution in [1.29, 1.82) is 0 Å². The molecule has 0 unspecified atom stereocenters. The SMILES string of the molecule is O=S(=O)(c1ccccc1)c1nn(CC2CCNCC2)cc1Cl. The van der Waals surface area contributed by atoms with E-state index in [-0.39, 0.29) is 14.9 Å². The summed E-state index contributed by atoms with van der Waals surface area (Å²) < 4.78 is 26.8. The first-order valence-corrected chi connectivity index (χ1v) is 9.17. The second-order valence-corrected chi connectivity index (χ2v) is 7.79. The molecule has 22 heavy (non-hydrogen) atoms. The van der Waals surface area contributed by atoms with Crippen molar-refractivity contribution in [2.75, 3.05) is 13.1 Å². The van der Waals surface area contributed by atoms with Gasteiger partial charge in [-0.1, -0.05) is 29.8 Å². The van der Waals surface area contributed by atoms with Crippen molar-refractivity contribution >= 4 is 21.4 Å². The van der Waals surface area contributed by atoms with E-state index in [4.69, 9.17) is 11.6 Å². The van der Waals surface area contributed by atoms with Gasteiger partial charge in [-0.05, 0) is 44.0 Å². The maximum absolute atomic E-state index is 12.6. The van der Waals surface area contributed by atoms with Gasteiger partial charge >= 0.3 is 0 Å². The summed E-state index contributed by atoms with van der Waals surface area (Å²) in [6, 6.07) is 8.25. The minimum Gasteiger partial charge on any atom is -0.317 e. The van der Waals surface area contributed by atoms with Crippen LogP contribution in [0.4, 0.5) is 0 Å². The number of sulfone groups is 1. The number of rotatable bonds is 4. The standard InChI is InChI=1S/C15H18ClN3O2S/c16-14-11-19(10-12-6-8-17-9-7-12)18-15(14)22(20,21)13-4-2-1-3-5-13/h1-5,11-12,17H,6-10H2. The smallest absolute Gasteiger partial charge is 0.227 e. The van der Waals surface area contributed by atoms with Crippen molar-refractivity contribution in [2.24, 2.45) is 5.92 Å². The highest BCUT2D eigenvalue weighted by atomic mass is 35.5. The molecule has 5 nitrogen and oxygen atoms in total. The molecule has 0 spiro atoms. The number of nitrogens with zero attached hydrogens (tertiary/aromatic N) is 2. The van der Waals surface area contributed by atoms with E-state index in [0.717, 1.165) is 25.9 Å². The van der Waals surface area contributed by atoms with Gasteiger partial charge < -0.3 is 5.32 Å². The van der Waals surface area contributed by atoms with Gasteiger partial charge in [0.1, 0.15) is 0 Å². The lowest BCUT2D eigenvalue weighted by Crippen LogP contribution is -2.30. The van der Waals surface area contributed by atoms with E-state index in [9.17, 15) is 8.42 Å². The summed E-state index contributed by atoms with van der Waals surface area (Å²) in [7, 11) is -3.67. The number of halogens is 1. The highest BCUT2D eigenvalue weighted by molar-refractivity contribution is 7.91. The van der Waals surface area contributed by atoms with E-state index in [1.54, 1.807) is 41.2 Å². The highest BCUT2D eigenvalue weighted by Gasteiger charge is 2.25. The van der Waals surface area contributed by atoms with Crippen molar-refractivity contribution in [3.8, 4) is 0 Å². The maximum atomic E-state index is 12.6. The van der Waals surface area contributed by atoms with Gasteiger partial charge in [0.15, 0.2) is 5.03 Å². The average molecular weight is 340 g/mol. The zero-order valence-corrected chi connectivity index (χ0v) is 13.6. The van der Waals surface area contributed by atoms with Crippen molar-refractivity contribution in [3.05, 3.63) is 41.6 Å². The minimum absolute atomic E-state index is 0.0608. The van der Waals surface area contributed by atoms with Crippen LogP contribution < -0.4 is 5.32 Å². The zero-order valence-electron chi connectivity index (χ0n) is 12.1. The van der Waals surface area contributed by atoms with Crippen LogP contribution in [-0.2, 0) is 16.4 Å². The molecule has 1 aliphatic rings. The molecule has 1 N–H and O–H groups in total. The molecule has 1 saturated heterocycles. The number of hydrogen-bond acceptors (Lipinski definition) is 4. The van der Waals surface area contributed by atoms with Gasteiger partial charge in [0.05, 0.1) is 9.92 Å². The second kappa shape index (κ2) is 6.40. The lowest BCUT2D eigenvalue weighted by Gasteiger charge is -2.22. The molecule has 1 fully saturated rings. The third kappa shape index (κ3) is 3.19. The van der Waals surface area contributed by atoms with E-state index in [1.165, 1.54) is 0 Å². The average Bonchev–Trinajstić information content (AvgIpc) is 2.90. The van der Waals surface area contributed by atoms with Gasteiger partial charge in [-0.3, -0.25) is 4.68 Å².